The quantitative estimate of drug-likeness (QED) is 0.124. The third-order valence-electron chi connectivity index (χ3n) is 28.4. The SMILES string of the molecule is c1ccc(-c2ccc3ccc4ccc(-c5ccc6c(c5)C5(c7ccccc7-c7ccccc75)c5cc7c(cc5N6c5ccccc5)c(-c5ccccc5)nc5ccccc57)nc4c3n2)cc1.c1ccc(-c2nc3ccccc3c3cc4c(cc23)N(c2ccccc2)c2ccc(-c3ccc(-c5cc(-c6ccccn6)nc(-c6ccccn6)c5)cc3)cc2C42c3ccccc3-c3ccccc32)cc1. The minimum absolute atomic E-state index is 0.661. The van der Waals surface area contributed by atoms with Crippen LogP contribution < -0.4 is 9.80 Å². The summed E-state index contributed by atoms with van der Waals surface area (Å²) >= 11 is 0. The Bertz CT molecular complexity index is 8820. The Kier molecular flexibility index (Phi) is 17.9. The summed E-state index contributed by atoms with van der Waals surface area (Å²) in [6.45, 7) is 0. The summed E-state index contributed by atoms with van der Waals surface area (Å²) < 4.78 is 0. The zero-order valence-corrected chi connectivity index (χ0v) is 73.6. The summed E-state index contributed by atoms with van der Waals surface area (Å²) in [6.07, 6.45) is 3.62. The van der Waals surface area contributed by atoms with E-state index in [4.69, 9.17) is 24.9 Å². The van der Waals surface area contributed by atoms with Gasteiger partial charge >= 0.3 is 0 Å². The highest BCUT2D eigenvalue weighted by atomic mass is 15.2. The van der Waals surface area contributed by atoms with E-state index in [2.05, 4.69) is 444 Å². The maximum absolute atomic E-state index is 5.51. The van der Waals surface area contributed by atoms with Crippen LogP contribution in [-0.4, -0.2) is 34.9 Å². The van der Waals surface area contributed by atoms with Gasteiger partial charge in [-0.3, -0.25) is 9.97 Å². The summed E-state index contributed by atoms with van der Waals surface area (Å²) in [7, 11) is 0. The van der Waals surface area contributed by atoms with E-state index in [1.807, 2.05) is 54.9 Å². The molecule has 0 N–H and O–H groups in total. The average Bonchev–Trinajstić information content (AvgIpc) is 1.46. The van der Waals surface area contributed by atoms with E-state index < -0.39 is 10.8 Å². The number of para-hydroxylation sites is 4. The first-order chi connectivity index (χ1) is 67.4. The first kappa shape index (κ1) is 77.9. The Hall–Kier alpha value is -18.1. The van der Waals surface area contributed by atoms with Crippen LogP contribution >= 0.6 is 0 Å². The van der Waals surface area contributed by atoms with Gasteiger partial charge in [-0.1, -0.05) is 334 Å². The van der Waals surface area contributed by atoms with Gasteiger partial charge in [-0.2, -0.15) is 0 Å². The fourth-order valence-corrected chi connectivity index (χ4v) is 22.4. The third kappa shape index (κ3) is 12.2. The fourth-order valence-electron chi connectivity index (χ4n) is 22.4. The molecule has 0 atom stereocenters. The molecule has 0 unspecified atom stereocenters. The van der Waals surface area contributed by atoms with Crippen molar-refractivity contribution in [2.24, 2.45) is 0 Å². The average molecular weight is 1730 g/mol. The number of anilines is 6. The fraction of sp³-hybridized carbons (Fsp3) is 0.0157. The molecule has 4 aliphatic rings. The molecule has 9 heterocycles. The Morgan fingerprint density at radius 1 is 0.176 bits per heavy atom. The van der Waals surface area contributed by atoms with Gasteiger partial charge in [-0.25, -0.2) is 24.9 Å². The number of hydrogen-bond donors (Lipinski definition) is 0. The van der Waals surface area contributed by atoms with Gasteiger partial charge in [0.15, 0.2) is 0 Å². The number of aromatic nitrogens is 7. The first-order valence-corrected chi connectivity index (χ1v) is 46.4. The minimum atomic E-state index is -0.680. The van der Waals surface area contributed by atoms with Crippen molar-refractivity contribution in [2.75, 3.05) is 9.80 Å². The van der Waals surface area contributed by atoms with Crippen LogP contribution in [0.25, 0.3) is 177 Å². The highest BCUT2D eigenvalue weighted by molar-refractivity contribution is 6.17. The van der Waals surface area contributed by atoms with Crippen LogP contribution in [0.15, 0.2) is 480 Å². The van der Waals surface area contributed by atoms with Crippen LogP contribution in [0.2, 0.25) is 0 Å². The van der Waals surface area contributed by atoms with E-state index in [0.717, 1.165) is 179 Å². The Morgan fingerprint density at radius 3 is 0.956 bits per heavy atom. The van der Waals surface area contributed by atoms with Gasteiger partial charge in [0.2, 0.25) is 0 Å². The smallest absolute Gasteiger partial charge is 0.0972 e. The molecule has 0 bridgehead atoms. The van der Waals surface area contributed by atoms with Crippen molar-refractivity contribution in [1.29, 1.82) is 0 Å². The van der Waals surface area contributed by atoms with E-state index in [9.17, 15) is 0 Å². The van der Waals surface area contributed by atoms with Crippen LogP contribution in [0.3, 0.4) is 0 Å². The number of benzene rings is 17. The number of hydrogen-bond acceptors (Lipinski definition) is 9. The molecule has 2 aliphatic carbocycles. The van der Waals surface area contributed by atoms with Gasteiger partial charge in [0, 0.05) is 78.3 Å². The molecule has 0 fully saturated rings. The van der Waals surface area contributed by atoms with Crippen molar-refractivity contribution >= 4 is 99.3 Å². The zero-order chi connectivity index (χ0) is 89.5. The standard InChI is InChI=1S/C65H41N5.C62H38N4/c1-3-17-44(18-4-1)64-52-41-63-56(40-51(52)50-23-9-12-26-57(50)69-64)65(53-24-10-7-21-48(53)49-22-8-11-25-54(49)65)55-37-45(33-34-62(55)70(63)47-19-5-2-6-20-47)42-29-31-43(32-30-42)46-38-60(58-27-13-15-35-66-58)68-61(39-46)59-28-14-16-36-67-59;1-4-16-39(17-5-1)54-33-30-41-28-29-42-31-34-55(64-61(42)60(41)63-54)43-32-35-57-52(36-43)62(50-25-13-10-22-45(50)46-23-11-14-26-51(46)62)53-37-48-47-24-12-15-27-56(47)65-59(40-18-6-2-7-19-40)49(48)38-58(53)66(57)44-20-8-3-9-21-44/h1-41H;1-38H. The first-order valence-electron chi connectivity index (χ1n) is 46.4. The predicted molar refractivity (Wildman–Crippen MR) is 557 cm³/mol. The van der Waals surface area contributed by atoms with Gasteiger partial charge in [0.25, 0.3) is 0 Å². The highest BCUT2D eigenvalue weighted by Crippen LogP contribution is 2.67. The molecule has 17 aromatic carbocycles. The molecule has 136 heavy (non-hydrogen) atoms. The molecule has 9 heteroatoms. The van der Waals surface area contributed by atoms with Gasteiger partial charge in [0.1, 0.15) is 0 Å². The third-order valence-corrected chi connectivity index (χ3v) is 28.4. The molecular weight excluding hydrogens is 1650 g/mol. The largest absolute Gasteiger partial charge is 0.310 e. The van der Waals surface area contributed by atoms with Crippen molar-refractivity contribution in [3.8, 4) is 112 Å². The maximum Gasteiger partial charge on any atom is 0.0972 e. The molecule has 0 saturated heterocycles. The number of pyridine rings is 7. The molecule has 0 saturated carbocycles. The van der Waals surface area contributed by atoms with Crippen LogP contribution in [-0.2, 0) is 10.8 Å². The van der Waals surface area contributed by atoms with E-state index in [1.54, 1.807) is 0 Å². The van der Waals surface area contributed by atoms with Crippen molar-refractivity contribution in [3.63, 3.8) is 0 Å². The second-order valence-electron chi connectivity index (χ2n) is 35.6. The minimum Gasteiger partial charge on any atom is -0.310 e. The summed E-state index contributed by atoms with van der Waals surface area (Å²) in [5, 5.41) is 8.99. The van der Waals surface area contributed by atoms with Crippen LogP contribution in [0.5, 0.6) is 0 Å². The number of nitrogens with zero attached hydrogens (tertiary/aromatic N) is 9. The lowest BCUT2D eigenvalue weighted by atomic mass is 9.64. The van der Waals surface area contributed by atoms with E-state index in [1.165, 1.54) is 77.5 Å². The highest BCUT2D eigenvalue weighted by Gasteiger charge is 2.54. The summed E-state index contributed by atoms with van der Waals surface area (Å²) in [4.78, 5) is 40.9. The van der Waals surface area contributed by atoms with Gasteiger partial charge in [-0.15, -0.1) is 0 Å². The summed E-state index contributed by atoms with van der Waals surface area (Å²) in [6, 6.07) is 169. The molecule has 632 valence electrons. The molecule has 24 aromatic rings. The lowest BCUT2D eigenvalue weighted by Crippen LogP contribution is -2.36. The lowest BCUT2D eigenvalue weighted by Gasteiger charge is -2.45. The number of fused-ring (bicyclic) bond motifs is 27. The van der Waals surface area contributed by atoms with Gasteiger partial charge in [-0.05, 0) is 233 Å². The molecular formula is C127H79N9. The Morgan fingerprint density at radius 2 is 0.522 bits per heavy atom. The molecule has 2 spiro atoms. The van der Waals surface area contributed by atoms with Gasteiger partial charge in [0.05, 0.1) is 101 Å². The lowest BCUT2D eigenvalue weighted by molar-refractivity contribution is 0.754. The Labute approximate surface area is 785 Å². The normalized spacial score (nSPS) is 13.1. The van der Waals surface area contributed by atoms with Crippen molar-refractivity contribution in [3.05, 3.63) is 524 Å². The van der Waals surface area contributed by atoms with Crippen LogP contribution in [0.4, 0.5) is 34.1 Å². The predicted octanol–water partition coefficient (Wildman–Crippen LogP) is 31.7. The van der Waals surface area contributed by atoms with Crippen LogP contribution in [0, 0.1) is 0 Å². The summed E-state index contributed by atoms with van der Waals surface area (Å²) in [5.41, 5.74) is 39.9. The molecule has 28 rings (SSSR count). The molecule has 2 aliphatic heterocycles. The second kappa shape index (κ2) is 31.4. The van der Waals surface area contributed by atoms with Crippen molar-refractivity contribution < 1.29 is 0 Å². The van der Waals surface area contributed by atoms with Crippen molar-refractivity contribution in [1.82, 2.24) is 34.9 Å². The number of rotatable bonds is 10. The molecule has 0 amide bonds. The topological polar surface area (TPSA) is 96.7 Å². The maximum atomic E-state index is 5.51. The molecule has 7 aromatic heterocycles. The van der Waals surface area contributed by atoms with Crippen LogP contribution in [0.1, 0.15) is 44.5 Å². The van der Waals surface area contributed by atoms with E-state index in [0.29, 0.717) is 0 Å². The second-order valence-corrected chi connectivity index (χ2v) is 35.6. The van der Waals surface area contributed by atoms with E-state index in [-0.39, 0.29) is 0 Å². The van der Waals surface area contributed by atoms with Gasteiger partial charge < -0.3 is 9.80 Å². The zero-order valence-electron chi connectivity index (χ0n) is 73.6. The Balaban J connectivity index is 0.000000138. The molecule has 0 radical (unpaired) electrons. The molecule has 9 nitrogen and oxygen atoms in total. The monoisotopic (exact) mass is 1730 g/mol. The van der Waals surface area contributed by atoms with E-state index >= 15 is 0 Å². The summed E-state index contributed by atoms with van der Waals surface area (Å²) in [5.74, 6) is 0. The van der Waals surface area contributed by atoms with Crippen molar-refractivity contribution in [2.45, 2.75) is 10.8 Å².